The van der Waals surface area contributed by atoms with E-state index in [9.17, 15) is 4.39 Å². The summed E-state index contributed by atoms with van der Waals surface area (Å²) in [6, 6.07) is 10.6. The van der Waals surface area contributed by atoms with E-state index in [0.29, 0.717) is 5.92 Å². The van der Waals surface area contributed by atoms with E-state index in [0.717, 1.165) is 22.6 Å². The Morgan fingerprint density at radius 1 is 0.880 bits per heavy atom. The lowest BCUT2D eigenvalue weighted by Gasteiger charge is -2.26. The number of benzene rings is 2. The zero-order valence-electron chi connectivity index (χ0n) is 14.9. The van der Waals surface area contributed by atoms with Gasteiger partial charge in [0, 0.05) is 5.56 Å². The third-order valence-electron chi connectivity index (χ3n) is 4.90. The van der Waals surface area contributed by atoms with Crippen LogP contribution in [0.2, 0.25) is 0 Å². The topological polar surface area (TPSA) is 18.5 Å². The minimum atomic E-state index is -0.232. The van der Waals surface area contributed by atoms with Gasteiger partial charge in [-0.15, -0.1) is 0 Å². The highest BCUT2D eigenvalue weighted by atomic mass is 19.1. The van der Waals surface area contributed by atoms with E-state index < -0.39 is 0 Å². The second-order valence-electron chi connectivity index (χ2n) is 6.56. The minimum absolute atomic E-state index is 0.232. The number of halogens is 1. The van der Waals surface area contributed by atoms with Crippen LogP contribution < -0.4 is 9.47 Å². The quantitative estimate of drug-likeness (QED) is 0.616. The van der Waals surface area contributed by atoms with E-state index >= 15 is 0 Å². The lowest BCUT2D eigenvalue weighted by Crippen LogP contribution is -2.08. The largest absolute Gasteiger partial charge is 0.496 e. The van der Waals surface area contributed by atoms with Crippen LogP contribution in [-0.2, 0) is 0 Å². The Labute approximate surface area is 149 Å². The summed E-state index contributed by atoms with van der Waals surface area (Å²) >= 11 is 0. The molecular weight excluding hydrogens is 315 g/mol. The normalized spacial score (nSPS) is 15.5. The summed E-state index contributed by atoms with van der Waals surface area (Å²) in [5.74, 6) is 2.03. The van der Waals surface area contributed by atoms with Crippen LogP contribution in [0, 0.1) is 5.82 Å². The molecule has 3 heteroatoms. The van der Waals surface area contributed by atoms with Crippen molar-refractivity contribution in [3.05, 3.63) is 58.9 Å². The maximum absolute atomic E-state index is 13.3. The average Bonchev–Trinajstić information content (AvgIpc) is 2.66. The summed E-state index contributed by atoms with van der Waals surface area (Å²) < 4.78 is 24.7. The van der Waals surface area contributed by atoms with Crippen LogP contribution >= 0.6 is 0 Å². The zero-order chi connectivity index (χ0) is 17.6. The van der Waals surface area contributed by atoms with Gasteiger partial charge in [0.05, 0.1) is 14.2 Å². The van der Waals surface area contributed by atoms with Crippen molar-refractivity contribution >= 4 is 12.2 Å². The molecule has 25 heavy (non-hydrogen) atoms. The highest BCUT2D eigenvalue weighted by Crippen LogP contribution is 2.43. The number of hydrogen-bond donors (Lipinski definition) is 0. The number of methoxy groups -OCH3 is 2. The first kappa shape index (κ1) is 17.5. The fraction of sp³-hybridized carbons (Fsp3) is 0.364. The number of hydrogen-bond acceptors (Lipinski definition) is 2. The van der Waals surface area contributed by atoms with Gasteiger partial charge >= 0.3 is 0 Å². The molecule has 1 aliphatic carbocycles. The van der Waals surface area contributed by atoms with Crippen molar-refractivity contribution < 1.29 is 13.9 Å². The second-order valence-corrected chi connectivity index (χ2v) is 6.56. The fourth-order valence-corrected chi connectivity index (χ4v) is 3.65. The van der Waals surface area contributed by atoms with E-state index in [4.69, 9.17) is 9.47 Å². The predicted octanol–water partition coefficient (Wildman–Crippen LogP) is 6.06. The molecule has 0 aliphatic heterocycles. The molecule has 0 amide bonds. The van der Waals surface area contributed by atoms with Crippen molar-refractivity contribution in [1.82, 2.24) is 0 Å². The highest BCUT2D eigenvalue weighted by molar-refractivity contribution is 5.72. The molecule has 2 aromatic rings. The monoisotopic (exact) mass is 340 g/mol. The zero-order valence-corrected chi connectivity index (χ0v) is 14.9. The van der Waals surface area contributed by atoms with Crippen molar-refractivity contribution in [3.63, 3.8) is 0 Å². The van der Waals surface area contributed by atoms with Gasteiger partial charge in [-0.25, -0.2) is 4.39 Å². The second kappa shape index (κ2) is 8.19. The minimum Gasteiger partial charge on any atom is -0.496 e. The van der Waals surface area contributed by atoms with Crippen molar-refractivity contribution in [1.29, 1.82) is 0 Å². The van der Waals surface area contributed by atoms with E-state index in [1.165, 1.54) is 49.8 Å². The van der Waals surface area contributed by atoms with Gasteiger partial charge in [-0.3, -0.25) is 0 Å². The first-order chi connectivity index (χ1) is 12.2. The molecule has 1 fully saturated rings. The smallest absolute Gasteiger partial charge is 0.126 e. The first-order valence-corrected chi connectivity index (χ1v) is 8.91. The Kier molecular flexibility index (Phi) is 5.75. The molecule has 0 spiro atoms. The van der Waals surface area contributed by atoms with E-state index in [-0.39, 0.29) is 5.82 Å². The van der Waals surface area contributed by atoms with Crippen molar-refractivity contribution in [3.8, 4) is 11.5 Å². The first-order valence-electron chi connectivity index (χ1n) is 8.91. The summed E-state index contributed by atoms with van der Waals surface area (Å²) in [5.41, 5.74) is 3.00. The molecular formula is C22H25FO2. The van der Waals surface area contributed by atoms with Crippen LogP contribution in [0.5, 0.6) is 11.5 Å². The molecule has 0 atom stereocenters. The van der Waals surface area contributed by atoms with Gasteiger partial charge in [-0.2, -0.15) is 0 Å². The summed E-state index contributed by atoms with van der Waals surface area (Å²) in [7, 11) is 3.42. The molecule has 1 aliphatic rings. The standard InChI is InChI=1S/C22H25FO2/c1-24-20-14-17(12-11-16-7-6-10-19(23)13-16)15-21(25-2)22(20)18-8-4-3-5-9-18/h6-7,10-15,18H,3-5,8-9H2,1-2H3. The lowest BCUT2D eigenvalue weighted by molar-refractivity contribution is 0.359. The average molecular weight is 340 g/mol. The van der Waals surface area contributed by atoms with Crippen LogP contribution in [0.25, 0.3) is 12.2 Å². The van der Waals surface area contributed by atoms with Crippen molar-refractivity contribution in [2.75, 3.05) is 14.2 Å². The van der Waals surface area contributed by atoms with Crippen LogP contribution in [0.4, 0.5) is 4.39 Å². The summed E-state index contributed by atoms with van der Waals surface area (Å²) in [4.78, 5) is 0. The van der Waals surface area contributed by atoms with Crippen molar-refractivity contribution in [2.24, 2.45) is 0 Å². The van der Waals surface area contributed by atoms with Crippen LogP contribution in [0.15, 0.2) is 36.4 Å². The Morgan fingerprint density at radius 3 is 2.12 bits per heavy atom. The predicted molar refractivity (Wildman–Crippen MR) is 101 cm³/mol. The molecule has 0 bridgehead atoms. The fourth-order valence-electron chi connectivity index (χ4n) is 3.65. The van der Waals surface area contributed by atoms with E-state index in [2.05, 4.69) is 0 Å². The molecule has 0 aromatic heterocycles. The SMILES string of the molecule is COc1cc(C=Cc2cccc(F)c2)cc(OC)c1C1CCCCC1. The Bertz CT molecular complexity index is 720. The lowest BCUT2D eigenvalue weighted by atomic mass is 9.82. The van der Waals surface area contributed by atoms with Gasteiger partial charge in [0.25, 0.3) is 0 Å². The van der Waals surface area contributed by atoms with Crippen LogP contribution in [0.1, 0.15) is 54.7 Å². The molecule has 0 N–H and O–H groups in total. The molecule has 2 nitrogen and oxygen atoms in total. The van der Waals surface area contributed by atoms with Gasteiger partial charge in [0.2, 0.25) is 0 Å². The summed E-state index contributed by atoms with van der Waals surface area (Å²) in [6.45, 7) is 0. The van der Waals surface area contributed by atoms with Gasteiger partial charge in [0.1, 0.15) is 17.3 Å². The molecule has 0 heterocycles. The highest BCUT2D eigenvalue weighted by Gasteiger charge is 2.23. The molecule has 0 radical (unpaired) electrons. The number of ether oxygens (including phenoxy) is 2. The maximum atomic E-state index is 13.3. The molecule has 2 aromatic carbocycles. The van der Waals surface area contributed by atoms with Gasteiger partial charge in [-0.05, 0) is 54.2 Å². The van der Waals surface area contributed by atoms with E-state index in [1.54, 1.807) is 20.3 Å². The molecule has 0 saturated heterocycles. The van der Waals surface area contributed by atoms with Gasteiger partial charge in [-0.1, -0.05) is 43.5 Å². The molecule has 132 valence electrons. The van der Waals surface area contributed by atoms with Crippen molar-refractivity contribution in [2.45, 2.75) is 38.0 Å². The van der Waals surface area contributed by atoms with E-state index in [1.807, 2.05) is 30.4 Å². The molecule has 1 saturated carbocycles. The third kappa shape index (κ3) is 4.22. The van der Waals surface area contributed by atoms with Crippen LogP contribution in [-0.4, -0.2) is 14.2 Å². The van der Waals surface area contributed by atoms with Crippen LogP contribution in [0.3, 0.4) is 0 Å². The summed E-state index contributed by atoms with van der Waals surface area (Å²) in [5, 5.41) is 0. The molecule has 3 rings (SSSR count). The van der Waals surface area contributed by atoms with Gasteiger partial charge in [0.15, 0.2) is 0 Å². The maximum Gasteiger partial charge on any atom is 0.126 e. The Balaban J connectivity index is 1.93. The molecule has 0 unspecified atom stereocenters. The number of rotatable bonds is 5. The Hall–Kier alpha value is -2.29. The summed E-state index contributed by atoms with van der Waals surface area (Å²) in [6.07, 6.45) is 10.1. The van der Waals surface area contributed by atoms with Gasteiger partial charge < -0.3 is 9.47 Å². The third-order valence-corrected chi connectivity index (χ3v) is 4.90. The Morgan fingerprint density at radius 2 is 1.52 bits per heavy atom.